The van der Waals surface area contributed by atoms with Crippen molar-refractivity contribution in [1.29, 1.82) is 0 Å². The monoisotopic (exact) mass is 309 g/mol. The van der Waals surface area contributed by atoms with Crippen LogP contribution in [-0.4, -0.2) is 0 Å². The van der Waals surface area contributed by atoms with Gasteiger partial charge in [-0.3, -0.25) is 0 Å². The molecule has 2 aliphatic rings. The van der Waals surface area contributed by atoms with Gasteiger partial charge in [-0.05, 0) is 25.7 Å². The first-order valence-corrected chi connectivity index (χ1v) is 6.53. The maximum atomic E-state index is 5.82. The Labute approximate surface area is 107 Å². The molecule has 0 aromatic carbocycles. The normalized spacial score (nSPS) is 25.2. The van der Waals surface area contributed by atoms with Crippen molar-refractivity contribution in [2.24, 2.45) is 0 Å². The first kappa shape index (κ1) is 12.9. The van der Waals surface area contributed by atoms with E-state index in [4.69, 9.17) is 11.6 Å². The van der Waals surface area contributed by atoms with Gasteiger partial charge in [0.15, 0.2) is 0 Å². The second-order valence-corrected chi connectivity index (χ2v) is 5.07. The first-order valence-electron chi connectivity index (χ1n) is 5.28. The molecule has 0 aromatic rings. The fourth-order valence-electron chi connectivity index (χ4n) is 1.31. The summed E-state index contributed by atoms with van der Waals surface area (Å²) in [4.78, 5) is 0. The molecule has 2 aliphatic carbocycles. The third-order valence-electron chi connectivity index (χ3n) is 2.13. The Balaban J connectivity index is 0.000000162. The van der Waals surface area contributed by atoms with Crippen molar-refractivity contribution in [2.45, 2.75) is 32.1 Å². The van der Waals surface area contributed by atoms with Gasteiger partial charge in [-0.25, -0.2) is 0 Å². The van der Waals surface area contributed by atoms with Crippen molar-refractivity contribution in [3.8, 4) is 0 Å². The molecule has 0 N–H and O–H groups in total. The Morgan fingerprint density at radius 3 is 2.47 bits per heavy atom. The SMILES string of the molecule is Cl/C1=C/CC/C=C\CC1.[Ru][C]1=CC=CC1. The molecule has 0 atom stereocenters. The topological polar surface area (TPSA) is 0 Å². The van der Waals surface area contributed by atoms with Crippen LogP contribution in [0.15, 0.2) is 45.7 Å². The van der Waals surface area contributed by atoms with Gasteiger partial charge in [0.25, 0.3) is 0 Å². The summed E-state index contributed by atoms with van der Waals surface area (Å²) in [6.45, 7) is 0. The van der Waals surface area contributed by atoms with E-state index in [1.54, 1.807) is 0 Å². The van der Waals surface area contributed by atoms with Gasteiger partial charge in [0.1, 0.15) is 0 Å². The summed E-state index contributed by atoms with van der Waals surface area (Å²) in [6, 6.07) is 0. The average molecular weight is 309 g/mol. The molecule has 2 heteroatoms. The molecule has 0 spiro atoms. The van der Waals surface area contributed by atoms with Gasteiger partial charge in [0.2, 0.25) is 0 Å². The van der Waals surface area contributed by atoms with Crippen LogP contribution in [0.2, 0.25) is 0 Å². The van der Waals surface area contributed by atoms with Crippen LogP contribution in [0.3, 0.4) is 0 Å². The molecule has 0 aromatic heterocycles. The molecule has 0 heterocycles. The zero-order valence-corrected chi connectivity index (χ0v) is 11.2. The summed E-state index contributed by atoms with van der Waals surface area (Å²) in [5, 5.41) is 1.03. The van der Waals surface area contributed by atoms with Gasteiger partial charge in [0, 0.05) is 5.03 Å². The van der Waals surface area contributed by atoms with Crippen LogP contribution in [0.25, 0.3) is 0 Å². The second-order valence-electron chi connectivity index (χ2n) is 3.47. The predicted octanol–water partition coefficient (Wildman–Crippen LogP) is 4.62. The van der Waals surface area contributed by atoms with E-state index < -0.39 is 0 Å². The van der Waals surface area contributed by atoms with Crippen molar-refractivity contribution >= 4 is 11.6 Å². The van der Waals surface area contributed by atoms with Gasteiger partial charge >= 0.3 is 47.1 Å². The van der Waals surface area contributed by atoms with Crippen molar-refractivity contribution in [2.75, 3.05) is 0 Å². The van der Waals surface area contributed by atoms with E-state index in [1.165, 1.54) is 4.17 Å². The predicted molar refractivity (Wildman–Crippen MR) is 63.4 cm³/mol. The zero-order valence-electron chi connectivity index (χ0n) is 8.73. The standard InChI is InChI=1S/C8H11Cl.C5H5.Ru/c9-8-6-4-2-1-3-5-7-8;1-2-4-5-3-1;/h1-2,7H,3-6H2;1-3H,4H2;/b2-1-,8-7+;;. The van der Waals surface area contributed by atoms with Gasteiger partial charge in [-0.15, -0.1) is 0 Å². The van der Waals surface area contributed by atoms with Crippen LogP contribution in [0.5, 0.6) is 0 Å². The van der Waals surface area contributed by atoms with E-state index in [9.17, 15) is 0 Å². The molecule has 0 unspecified atom stereocenters. The van der Waals surface area contributed by atoms with Crippen molar-refractivity contribution in [3.63, 3.8) is 0 Å². The molecule has 0 aliphatic heterocycles. The molecule has 0 fully saturated rings. The summed E-state index contributed by atoms with van der Waals surface area (Å²) in [7, 11) is 0. The number of rotatable bonds is 0. The molecule has 0 nitrogen and oxygen atoms in total. The molecule has 15 heavy (non-hydrogen) atoms. The molecular weight excluding hydrogens is 293 g/mol. The van der Waals surface area contributed by atoms with Crippen LogP contribution in [0.1, 0.15) is 32.1 Å². The second kappa shape index (κ2) is 8.08. The van der Waals surface area contributed by atoms with Gasteiger partial charge in [-0.2, -0.15) is 0 Å². The van der Waals surface area contributed by atoms with Crippen LogP contribution in [0, 0.1) is 0 Å². The Morgan fingerprint density at radius 1 is 1.07 bits per heavy atom. The molecule has 0 amide bonds. The third kappa shape index (κ3) is 6.87. The first-order chi connectivity index (χ1) is 7.29. The Hall–Kier alpha value is -0.127. The van der Waals surface area contributed by atoms with Gasteiger partial charge < -0.3 is 0 Å². The minimum absolute atomic E-state index is 1.03. The molecule has 2 rings (SSSR count). The third-order valence-corrected chi connectivity index (χ3v) is 3.12. The Bertz CT molecular complexity index is 298. The summed E-state index contributed by atoms with van der Waals surface area (Å²) >= 11 is 8.41. The number of halogens is 1. The molecule has 0 bridgehead atoms. The number of hydrogen-bond acceptors (Lipinski definition) is 0. The van der Waals surface area contributed by atoms with E-state index in [0.29, 0.717) is 0 Å². The molecular formula is C13H16ClRu. The number of allylic oxidation sites excluding steroid dienone is 8. The summed E-state index contributed by atoms with van der Waals surface area (Å²) in [6.07, 6.45) is 18.4. The van der Waals surface area contributed by atoms with Crippen LogP contribution < -0.4 is 0 Å². The number of hydrogen-bond donors (Lipinski definition) is 0. The summed E-state index contributed by atoms with van der Waals surface area (Å²) < 4.78 is 1.40. The van der Waals surface area contributed by atoms with E-state index in [0.717, 1.165) is 37.1 Å². The fraction of sp³-hybridized carbons (Fsp3) is 0.385. The zero-order chi connectivity index (χ0) is 10.9. The minimum atomic E-state index is 1.03. The Kier molecular flexibility index (Phi) is 6.97. The fourth-order valence-corrected chi connectivity index (χ4v) is 1.90. The van der Waals surface area contributed by atoms with E-state index >= 15 is 0 Å². The average Bonchev–Trinajstić information content (AvgIpc) is 2.64. The molecule has 0 saturated carbocycles. The van der Waals surface area contributed by atoms with E-state index in [2.05, 4.69) is 54.8 Å². The van der Waals surface area contributed by atoms with Crippen molar-refractivity contribution in [3.05, 3.63) is 45.7 Å². The van der Waals surface area contributed by atoms with Crippen LogP contribution in [-0.2, 0) is 18.3 Å². The quantitative estimate of drug-likeness (QED) is 0.452. The molecule has 0 saturated heterocycles. The van der Waals surface area contributed by atoms with E-state index in [1.807, 2.05) is 0 Å². The van der Waals surface area contributed by atoms with Crippen LogP contribution in [0.4, 0.5) is 0 Å². The van der Waals surface area contributed by atoms with Gasteiger partial charge in [-0.1, -0.05) is 29.8 Å². The van der Waals surface area contributed by atoms with Crippen molar-refractivity contribution in [1.82, 2.24) is 0 Å². The summed E-state index contributed by atoms with van der Waals surface area (Å²) in [5.41, 5.74) is 0. The Morgan fingerprint density at radius 2 is 1.87 bits per heavy atom. The maximum absolute atomic E-state index is 5.82. The van der Waals surface area contributed by atoms with E-state index in [-0.39, 0.29) is 0 Å². The van der Waals surface area contributed by atoms with Crippen LogP contribution >= 0.6 is 11.6 Å². The molecule has 0 radical (unpaired) electrons. The summed E-state index contributed by atoms with van der Waals surface area (Å²) in [5.74, 6) is 0. The van der Waals surface area contributed by atoms with Gasteiger partial charge in [0.05, 0.1) is 0 Å². The van der Waals surface area contributed by atoms with Crippen molar-refractivity contribution < 1.29 is 18.3 Å². The molecule has 83 valence electrons.